The smallest absolute Gasteiger partial charge is 0.338 e. The van der Waals surface area contributed by atoms with Gasteiger partial charge in [-0.3, -0.25) is 4.98 Å². The first-order valence-electron chi connectivity index (χ1n) is 12.2. The zero-order valence-corrected chi connectivity index (χ0v) is 20.6. The maximum atomic E-state index is 11.9. The highest BCUT2D eigenvalue weighted by Gasteiger charge is 2.20. The van der Waals surface area contributed by atoms with Crippen molar-refractivity contribution in [3.8, 4) is 22.4 Å². The second kappa shape index (κ2) is 11.2. The van der Waals surface area contributed by atoms with Crippen molar-refractivity contribution in [3.63, 3.8) is 0 Å². The third-order valence-corrected chi connectivity index (χ3v) is 6.81. The molecule has 0 bridgehead atoms. The topological polar surface area (TPSA) is 81.5 Å². The molecule has 1 aliphatic heterocycles. The van der Waals surface area contributed by atoms with Gasteiger partial charge in [0.2, 0.25) is 0 Å². The number of carbonyl (C=O) groups is 1. The van der Waals surface area contributed by atoms with E-state index in [4.69, 9.17) is 21.1 Å². The van der Waals surface area contributed by atoms with Gasteiger partial charge in [0.15, 0.2) is 6.29 Å². The van der Waals surface area contributed by atoms with Crippen LogP contribution in [0.4, 0.5) is 0 Å². The van der Waals surface area contributed by atoms with Crippen molar-refractivity contribution in [2.75, 3.05) is 13.2 Å². The number of nitrogens with zero attached hydrogens (tertiary/aromatic N) is 2. The second-order valence-corrected chi connectivity index (χ2v) is 9.27. The van der Waals surface area contributed by atoms with Crippen molar-refractivity contribution in [2.45, 2.75) is 38.4 Å². The maximum Gasteiger partial charge on any atom is 0.338 e. The molecule has 0 aliphatic carbocycles. The Morgan fingerprint density at radius 2 is 1.75 bits per heavy atom. The summed E-state index contributed by atoms with van der Waals surface area (Å²) in [6.07, 6.45) is 8.26. The minimum Gasteiger partial charge on any atom is -0.478 e. The Labute approximate surface area is 214 Å². The molecule has 36 heavy (non-hydrogen) atoms. The lowest BCUT2D eigenvalue weighted by Gasteiger charge is -2.22. The van der Waals surface area contributed by atoms with E-state index >= 15 is 0 Å². The molecule has 0 radical (unpaired) electrons. The molecule has 1 unspecified atom stereocenters. The maximum absolute atomic E-state index is 11.9. The van der Waals surface area contributed by atoms with Crippen molar-refractivity contribution in [2.24, 2.45) is 0 Å². The van der Waals surface area contributed by atoms with E-state index < -0.39 is 5.97 Å². The van der Waals surface area contributed by atoms with Crippen molar-refractivity contribution in [1.29, 1.82) is 0 Å². The van der Waals surface area contributed by atoms with Gasteiger partial charge in [0.25, 0.3) is 0 Å². The highest BCUT2D eigenvalue weighted by Crippen LogP contribution is 2.34. The standard InChI is InChI=1S/C29H27ClN2O4/c30-27-26(29(33)34)23-18-31-15-14-24(23)32-28(27)22-12-10-21(11-13-22)20-8-6-19(7-9-20)4-3-17-36-25-5-1-2-16-35-25/h6-15,18,25H,1-5,16-17H2,(H,33,34). The number of carboxylic acid groups (broad SMARTS) is 1. The predicted octanol–water partition coefficient (Wildman–Crippen LogP) is 6.79. The number of fused-ring (bicyclic) bond motifs is 1. The van der Waals surface area contributed by atoms with Crippen LogP contribution in [0, 0.1) is 0 Å². The van der Waals surface area contributed by atoms with Crippen LogP contribution in [0.25, 0.3) is 33.3 Å². The number of aryl methyl sites for hydroxylation is 1. The summed E-state index contributed by atoms with van der Waals surface area (Å²) in [5.74, 6) is -1.10. The Morgan fingerprint density at radius 1 is 1.03 bits per heavy atom. The van der Waals surface area contributed by atoms with Gasteiger partial charge in [0.1, 0.15) is 0 Å². The number of rotatable bonds is 8. The van der Waals surface area contributed by atoms with Gasteiger partial charge in [-0.15, -0.1) is 0 Å². The number of pyridine rings is 2. The lowest BCUT2D eigenvalue weighted by Crippen LogP contribution is -2.22. The first kappa shape index (κ1) is 24.4. The van der Waals surface area contributed by atoms with Crippen molar-refractivity contribution < 1.29 is 19.4 Å². The second-order valence-electron chi connectivity index (χ2n) is 8.89. The van der Waals surface area contributed by atoms with E-state index in [9.17, 15) is 9.90 Å². The molecule has 4 aromatic rings. The number of ether oxygens (including phenoxy) is 2. The lowest BCUT2D eigenvalue weighted by atomic mass is 9.99. The van der Waals surface area contributed by atoms with Crippen LogP contribution < -0.4 is 0 Å². The highest BCUT2D eigenvalue weighted by molar-refractivity contribution is 6.37. The molecule has 0 saturated carbocycles. The molecule has 0 spiro atoms. The summed E-state index contributed by atoms with van der Waals surface area (Å²) in [6, 6.07) is 18.0. The van der Waals surface area contributed by atoms with Gasteiger partial charge in [-0.25, -0.2) is 9.78 Å². The van der Waals surface area contributed by atoms with Gasteiger partial charge in [0, 0.05) is 30.0 Å². The zero-order valence-electron chi connectivity index (χ0n) is 19.8. The summed E-state index contributed by atoms with van der Waals surface area (Å²) in [4.78, 5) is 20.5. The van der Waals surface area contributed by atoms with Gasteiger partial charge >= 0.3 is 5.97 Å². The molecule has 3 heterocycles. The Hall–Kier alpha value is -3.32. The summed E-state index contributed by atoms with van der Waals surface area (Å²) < 4.78 is 11.4. The Kier molecular flexibility index (Phi) is 7.56. The molecule has 1 atom stereocenters. The van der Waals surface area contributed by atoms with E-state index in [0.717, 1.165) is 49.0 Å². The summed E-state index contributed by atoms with van der Waals surface area (Å²) in [5.41, 5.74) is 5.18. The summed E-state index contributed by atoms with van der Waals surface area (Å²) in [5, 5.41) is 10.3. The first-order valence-corrected chi connectivity index (χ1v) is 12.6. The molecule has 184 valence electrons. The van der Waals surface area contributed by atoms with Crippen molar-refractivity contribution >= 4 is 28.5 Å². The number of hydrogen-bond acceptors (Lipinski definition) is 5. The average Bonchev–Trinajstić information content (AvgIpc) is 2.91. The summed E-state index contributed by atoms with van der Waals surface area (Å²) in [7, 11) is 0. The summed E-state index contributed by atoms with van der Waals surface area (Å²) in [6.45, 7) is 1.51. The third kappa shape index (κ3) is 5.41. The molecule has 1 aliphatic rings. The molecule has 1 saturated heterocycles. The number of benzene rings is 2. The molecule has 6 nitrogen and oxygen atoms in total. The van der Waals surface area contributed by atoms with Gasteiger partial charge in [-0.2, -0.15) is 0 Å². The molecular weight excluding hydrogens is 476 g/mol. The van der Waals surface area contributed by atoms with Gasteiger partial charge in [-0.05, 0) is 54.9 Å². The van der Waals surface area contributed by atoms with Crippen LogP contribution in [-0.2, 0) is 15.9 Å². The molecule has 2 aromatic carbocycles. The van der Waals surface area contributed by atoms with Crippen LogP contribution in [0.5, 0.6) is 0 Å². The fourth-order valence-electron chi connectivity index (χ4n) is 4.50. The van der Waals surface area contributed by atoms with E-state index in [0.29, 0.717) is 23.2 Å². The van der Waals surface area contributed by atoms with E-state index in [2.05, 4.69) is 34.2 Å². The number of aromatic nitrogens is 2. The fraction of sp³-hybridized carbons (Fsp3) is 0.276. The quantitative estimate of drug-likeness (QED) is 0.267. The Morgan fingerprint density at radius 3 is 2.44 bits per heavy atom. The number of carboxylic acids is 1. The molecule has 5 rings (SSSR count). The van der Waals surface area contributed by atoms with Crippen LogP contribution in [0.3, 0.4) is 0 Å². The van der Waals surface area contributed by atoms with Crippen LogP contribution in [0.1, 0.15) is 41.6 Å². The third-order valence-electron chi connectivity index (χ3n) is 6.44. The van der Waals surface area contributed by atoms with Crippen LogP contribution in [0.15, 0.2) is 67.0 Å². The molecule has 2 aromatic heterocycles. The minimum absolute atomic E-state index is 0.0149. The molecule has 7 heteroatoms. The Balaban J connectivity index is 1.27. The largest absolute Gasteiger partial charge is 0.478 e. The van der Waals surface area contributed by atoms with E-state index in [1.54, 1.807) is 12.3 Å². The molecule has 0 amide bonds. The average molecular weight is 503 g/mol. The van der Waals surface area contributed by atoms with E-state index in [-0.39, 0.29) is 16.9 Å². The van der Waals surface area contributed by atoms with E-state index in [1.807, 2.05) is 24.3 Å². The van der Waals surface area contributed by atoms with Gasteiger partial charge < -0.3 is 14.6 Å². The number of halogens is 1. The first-order chi connectivity index (χ1) is 17.6. The highest BCUT2D eigenvalue weighted by atomic mass is 35.5. The van der Waals surface area contributed by atoms with Gasteiger partial charge in [-0.1, -0.05) is 60.1 Å². The normalized spacial score (nSPS) is 15.8. The lowest BCUT2D eigenvalue weighted by molar-refractivity contribution is -0.162. The SMILES string of the molecule is O=C(O)c1c(Cl)c(-c2ccc(-c3ccc(CCCOC4CCCCO4)cc3)cc2)nc2ccncc12. The van der Waals surface area contributed by atoms with Crippen molar-refractivity contribution in [1.82, 2.24) is 9.97 Å². The summed E-state index contributed by atoms with van der Waals surface area (Å²) >= 11 is 6.50. The van der Waals surface area contributed by atoms with Gasteiger partial charge in [0.05, 0.1) is 28.4 Å². The molecule has 1 N–H and O–H groups in total. The minimum atomic E-state index is -1.10. The number of hydrogen-bond donors (Lipinski definition) is 1. The van der Waals surface area contributed by atoms with Crippen molar-refractivity contribution in [3.05, 3.63) is 83.1 Å². The van der Waals surface area contributed by atoms with Crippen LogP contribution in [0.2, 0.25) is 5.02 Å². The Bertz CT molecular complexity index is 1350. The van der Waals surface area contributed by atoms with Crippen LogP contribution in [-0.4, -0.2) is 40.5 Å². The molecular formula is C29H27ClN2O4. The number of aromatic carboxylic acids is 1. The monoisotopic (exact) mass is 502 g/mol. The van der Waals surface area contributed by atoms with E-state index in [1.165, 1.54) is 18.2 Å². The zero-order chi connectivity index (χ0) is 24.9. The van der Waals surface area contributed by atoms with Crippen LogP contribution >= 0.6 is 11.6 Å². The predicted molar refractivity (Wildman–Crippen MR) is 140 cm³/mol. The molecule has 1 fully saturated rings. The fourth-order valence-corrected chi connectivity index (χ4v) is 4.84.